The second-order valence-corrected chi connectivity index (χ2v) is 4.67. The van der Waals surface area contributed by atoms with Crippen molar-refractivity contribution in [1.29, 1.82) is 0 Å². The molecular formula is C13H18O3. The van der Waals surface area contributed by atoms with Gasteiger partial charge in [0, 0.05) is 0 Å². The van der Waals surface area contributed by atoms with Gasteiger partial charge in [0.05, 0.1) is 19.8 Å². The van der Waals surface area contributed by atoms with Crippen LogP contribution >= 0.6 is 0 Å². The van der Waals surface area contributed by atoms with Gasteiger partial charge in [-0.15, -0.1) is 0 Å². The van der Waals surface area contributed by atoms with Crippen molar-refractivity contribution in [3.8, 4) is 11.5 Å². The first-order valence-electron chi connectivity index (χ1n) is 5.40. The van der Waals surface area contributed by atoms with Crippen LogP contribution in [0.5, 0.6) is 11.5 Å². The van der Waals surface area contributed by atoms with Crippen molar-refractivity contribution in [2.75, 3.05) is 14.2 Å². The fourth-order valence-corrected chi connectivity index (χ4v) is 1.99. The van der Waals surface area contributed by atoms with E-state index in [0.29, 0.717) is 0 Å². The zero-order valence-corrected chi connectivity index (χ0v) is 10.5. The number of ether oxygens (including phenoxy) is 3. The molecule has 1 aromatic carbocycles. The highest BCUT2D eigenvalue weighted by Gasteiger charge is 2.49. The standard InChI is InChI=1S/C13H18O3/c1-8-6-10(14-4)11(15-5)7-9(8)12-13(2,3)16-12/h6-7,12H,1-5H3. The average Bonchev–Trinajstić information content (AvgIpc) is 2.87. The van der Waals surface area contributed by atoms with E-state index in [9.17, 15) is 0 Å². The van der Waals surface area contributed by atoms with Gasteiger partial charge >= 0.3 is 0 Å². The van der Waals surface area contributed by atoms with Crippen molar-refractivity contribution in [1.82, 2.24) is 0 Å². The molecule has 16 heavy (non-hydrogen) atoms. The molecule has 0 N–H and O–H groups in total. The fourth-order valence-electron chi connectivity index (χ4n) is 1.99. The highest BCUT2D eigenvalue weighted by atomic mass is 16.6. The van der Waals surface area contributed by atoms with Gasteiger partial charge < -0.3 is 14.2 Å². The van der Waals surface area contributed by atoms with Crippen LogP contribution in [0.3, 0.4) is 0 Å². The number of rotatable bonds is 3. The maximum Gasteiger partial charge on any atom is 0.161 e. The molecule has 0 amide bonds. The molecule has 0 radical (unpaired) electrons. The number of methoxy groups -OCH3 is 2. The SMILES string of the molecule is COc1cc(C)c(C2OC2(C)C)cc1OC. The van der Waals surface area contributed by atoms with Crippen LogP contribution in [0.4, 0.5) is 0 Å². The third kappa shape index (κ3) is 1.76. The predicted octanol–water partition coefficient (Wildman–Crippen LogP) is 2.86. The molecule has 0 aromatic heterocycles. The Hall–Kier alpha value is -1.22. The van der Waals surface area contributed by atoms with Gasteiger partial charge in [0.25, 0.3) is 0 Å². The lowest BCUT2D eigenvalue weighted by Gasteiger charge is -2.11. The van der Waals surface area contributed by atoms with Crippen LogP contribution in [-0.2, 0) is 4.74 Å². The van der Waals surface area contributed by atoms with Crippen molar-refractivity contribution >= 4 is 0 Å². The summed E-state index contributed by atoms with van der Waals surface area (Å²) in [4.78, 5) is 0. The van der Waals surface area contributed by atoms with Crippen LogP contribution in [0.15, 0.2) is 12.1 Å². The van der Waals surface area contributed by atoms with E-state index >= 15 is 0 Å². The third-order valence-corrected chi connectivity index (χ3v) is 3.05. The zero-order chi connectivity index (χ0) is 11.9. The molecule has 1 aliphatic heterocycles. The molecular weight excluding hydrogens is 204 g/mol. The van der Waals surface area contributed by atoms with E-state index in [1.807, 2.05) is 12.1 Å². The van der Waals surface area contributed by atoms with Crippen LogP contribution in [0, 0.1) is 6.92 Å². The van der Waals surface area contributed by atoms with E-state index < -0.39 is 0 Å². The first-order chi connectivity index (χ1) is 7.49. The average molecular weight is 222 g/mol. The molecule has 1 heterocycles. The van der Waals surface area contributed by atoms with Gasteiger partial charge in [0.15, 0.2) is 11.5 Å². The lowest BCUT2D eigenvalue weighted by Crippen LogP contribution is -2.01. The largest absolute Gasteiger partial charge is 0.493 e. The quantitative estimate of drug-likeness (QED) is 0.737. The Morgan fingerprint density at radius 1 is 1.12 bits per heavy atom. The van der Waals surface area contributed by atoms with Gasteiger partial charge in [-0.1, -0.05) is 0 Å². The van der Waals surface area contributed by atoms with Gasteiger partial charge in [-0.3, -0.25) is 0 Å². The molecule has 0 bridgehead atoms. The molecule has 0 spiro atoms. The summed E-state index contributed by atoms with van der Waals surface area (Å²) in [5, 5.41) is 0. The minimum atomic E-state index is -0.0512. The molecule has 1 fully saturated rings. The molecule has 3 heteroatoms. The van der Waals surface area contributed by atoms with Crippen molar-refractivity contribution in [3.63, 3.8) is 0 Å². The van der Waals surface area contributed by atoms with E-state index in [4.69, 9.17) is 14.2 Å². The maximum atomic E-state index is 5.65. The normalized spacial score (nSPS) is 21.7. The second-order valence-electron chi connectivity index (χ2n) is 4.67. The van der Waals surface area contributed by atoms with Crippen LogP contribution in [0.2, 0.25) is 0 Å². The lowest BCUT2D eigenvalue weighted by molar-refractivity contribution is 0.324. The van der Waals surface area contributed by atoms with E-state index in [1.165, 1.54) is 11.1 Å². The first-order valence-corrected chi connectivity index (χ1v) is 5.40. The Balaban J connectivity index is 2.40. The molecule has 1 aromatic rings. The van der Waals surface area contributed by atoms with E-state index in [1.54, 1.807) is 14.2 Å². The number of benzene rings is 1. The van der Waals surface area contributed by atoms with Crippen molar-refractivity contribution < 1.29 is 14.2 Å². The van der Waals surface area contributed by atoms with Gasteiger partial charge in [0.1, 0.15) is 6.10 Å². The monoisotopic (exact) mass is 222 g/mol. The molecule has 0 aliphatic carbocycles. The molecule has 1 unspecified atom stereocenters. The van der Waals surface area contributed by atoms with Crippen LogP contribution in [0.25, 0.3) is 0 Å². The van der Waals surface area contributed by atoms with E-state index in [2.05, 4.69) is 20.8 Å². The summed E-state index contributed by atoms with van der Waals surface area (Å²) in [5.74, 6) is 1.52. The topological polar surface area (TPSA) is 31.0 Å². The van der Waals surface area contributed by atoms with Crippen molar-refractivity contribution in [3.05, 3.63) is 23.3 Å². The number of hydrogen-bond acceptors (Lipinski definition) is 3. The lowest BCUT2D eigenvalue weighted by atomic mass is 9.98. The summed E-state index contributed by atoms with van der Waals surface area (Å²) in [5.41, 5.74) is 2.31. The fraction of sp³-hybridized carbons (Fsp3) is 0.538. The summed E-state index contributed by atoms with van der Waals surface area (Å²) in [6.07, 6.45) is 0.173. The second kappa shape index (κ2) is 3.67. The van der Waals surface area contributed by atoms with Crippen LogP contribution < -0.4 is 9.47 Å². The summed E-state index contributed by atoms with van der Waals surface area (Å²) in [7, 11) is 3.30. The van der Waals surface area contributed by atoms with E-state index in [-0.39, 0.29) is 11.7 Å². The Labute approximate surface area is 96.3 Å². The smallest absolute Gasteiger partial charge is 0.161 e. The molecule has 1 aliphatic rings. The minimum Gasteiger partial charge on any atom is -0.493 e. The van der Waals surface area contributed by atoms with Gasteiger partial charge in [0.2, 0.25) is 0 Å². The first kappa shape index (κ1) is 11.3. The van der Waals surface area contributed by atoms with Crippen molar-refractivity contribution in [2.24, 2.45) is 0 Å². The summed E-state index contributed by atoms with van der Waals surface area (Å²) >= 11 is 0. The molecule has 88 valence electrons. The van der Waals surface area contributed by atoms with Gasteiger partial charge in [-0.05, 0) is 44.0 Å². The number of hydrogen-bond donors (Lipinski definition) is 0. The van der Waals surface area contributed by atoms with Gasteiger partial charge in [-0.2, -0.15) is 0 Å². The summed E-state index contributed by atoms with van der Waals surface area (Å²) in [6, 6.07) is 4.00. The van der Waals surface area contributed by atoms with Gasteiger partial charge in [-0.25, -0.2) is 0 Å². The van der Waals surface area contributed by atoms with Crippen molar-refractivity contribution in [2.45, 2.75) is 32.5 Å². The highest BCUT2D eigenvalue weighted by molar-refractivity contribution is 5.49. The Morgan fingerprint density at radius 2 is 1.62 bits per heavy atom. The predicted molar refractivity (Wildman–Crippen MR) is 62.2 cm³/mol. The van der Waals surface area contributed by atoms with Crippen LogP contribution in [0.1, 0.15) is 31.1 Å². The molecule has 2 rings (SSSR count). The Morgan fingerprint density at radius 3 is 2.06 bits per heavy atom. The zero-order valence-electron chi connectivity index (χ0n) is 10.5. The minimum absolute atomic E-state index is 0.0512. The molecule has 1 atom stereocenters. The number of aryl methyl sites for hydroxylation is 1. The number of epoxide rings is 1. The van der Waals surface area contributed by atoms with Crippen LogP contribution in [-0.4, -0.2) is 19.8 Å². The molecule has 1 saturated heterocycles. The molecule has 0 saturated carbocycles. The Kier molecular flexibility index (Phi) is 2.58. The molecule has 3 nitrogen and oxygen atoms in total. The third-order valence-electron chi connectivity index (χ3n) is 3.05. The Bertz CT molecular complexity index is 410. The summed E-state index contributed by atoms with van der Waals surface area (Å²) in [6.45, 7) is 6.25. The van der Waals surface area contributed by atoms with E-state index in [0.717, 1.165) is 11.5 Å². The maximum absolute atomic E-state index is 5.65. The summed E-state index contributed by atoms with van der Waals surface area (Å²) < 4.78 is 16.2. The highest BCUT2D eigenvalue weighted by Crippen LogP contribution is 2.51.